The van der Waals surface area contributed by atoms with Crippen molar-refractivity contribution in [2.45, 2.75) is 20.4 Å². The van der Waals surface area contributed by atoms with Crippen molar-refractivity contribution in [2.24, 2.45) is 5.41 Å². The van der Waals surface area contributed by atoms with Gasteiger partial charge in [-0.05, 0) is 24.3 Å². The molecule has 2 aromatic heterocycles. The molecule has 0 spiro atoms. The normalized spacial score (nSPS) is 15.1. The van der Waals surface area contributed by atoms with Crippen molar-refractivity contribution >= 4 is 11.7 Å². The van der Waals surface area contributed by atoms with Crippen LogP contribution in [-0.4, -0.2) is 33.4 Å². The summed E-state index contributed by atoms with van der Waals surface area (Å²) in [6.45, 7) is 5.16. The maximum atomic E-state index is 13.5. The molecule has 1 aromatic carbocycles. The molecule has 7 heteroatoms. The van der Waals surface area contributed by atoms with Gasteiger partial charge in [-0.3, -0.25) is 19.1 Å². The van der Waals surface area contributed by atoms with Gasteiger partial charge < -0.3 is 4.90 Å². The van der Waals surface area contributed by atoms with Crippen LogP contribution < -0.4 is 10.5 Å². The number of hydrogen-bond acceptors (Lipinski definition) is 5. The Labute approximate surface area is 167 Å². The smallest absolute Gasteiger partial charge is 0.255 e. The number of pyridine rings is 1. The van der Waals surface area contributed by atoms with E-state index < -0.39 is 5.82 Å². The largest absolute Gasteiger partial charge is 0.334 e. The first-order chi connectivity index (χ1) is 13.8. The highest BCUT2D eigenvalue weighted by molar-refractivity contribution is 5.99. The fourth-order valence-electron chi connectivity index (χ4n) is 3.67. The molecule has 4 rings (SSSR count). The van der Waals surface area contributed by atoms with Gasteiger partial charge in [-0.1, -0.05) is 26.0 Å². The zero-order chi connectivity index (χ0) is 20.6. The second-order valence-electron chi connectivity index (χ2n) is 8.06. The third-order valence-electron chi connectivity index (χ3n) is 4.93. The molecule has 1 aliphatic rings. The summed E-state index contributed by atoms with van der Waals surface area (Å²) in [5.74, 6) is -0.227. The number of Topliss-reactive ketones (excluding diaryl/α,β-unsaturated/α-hetero) is 1. The number of carbonyl (C=O) groups excluding carboxylic acids is 1. The highest BCUT2D eigenvalue weighted by Gasteiger charge is 2.33. The van der Waals surface area contributed by atoms with E-state index in [9.17, 15) is 14.0 Å². The lowest BCUT2D eigenvalue weighted by Crippen LogP contribution is -2.49. The number of nitrogens with zero attached hydrogens (tertiary/aromatic N) is 4. The fraction of sp³-hybridized carbons (Fsp3) is 0.273. The minimum absolute atomic E-state index is 0.0130. The van der Waals surface area contributed by atoms with Crippen LogP contribution in [0, 0.1) is 11.2 Å². The van der Waals surface area contributed by atoms with E-state index in [0.717, 1.165) is 5.56 Å². The van der Waals surface area contributed by atoms with Crippen molar-refractivity contribution in [1.29, 1.82) is 0 Å². The van der Waals surface area contributed by atoms with E-state index in [2.05, 4.69) is 4.98 Å². The van der Waals surface area contributed by atoms with Gasteiger partial charge in [-0.25, -0.2) is 9.37 Å². The van der Waals surface area contributed by atoms with Crippen LogP contribution in [-0.2, 0) is 6.54 Å². The molecule has 6 nitrogen and oxygen atoms in total. The molecule has 0 atom stereocenters. The predicted molar refractivity (Wildman–Crippen MR) is 108 cm³/mol. The molecule has 0 unspecified atom stereocenters. The molecule has 0 saturated heterocycles. The molecule has 148 valence electrons. The molecule has 3 heterocycles. The quantitative estimate of drug-likeness (QED) is 0.638. The molecule has 1 aliphatic heterocycles. The number of carbonyl (C=O) groups is 1. The number of anilines is 1. The molecule has 0 bridgehead atoms. The summed E-state index contributed by atoms with van der Waals surface area (Å²) < 4.78 is 15.1. The van der Waals surface area contributed by atoms with Crippen LogP contribution in [0.5, 0.6) is 0 Å². The van der Waals surface area contributed by atoms with Crippen molar-refractivity contribution < 1.29 is 9.18 Å². The van der Waals surface area contributed by atoms with Gasteiger partial charge in [0, 0.05) is 48.1 Å². The number of hydrogen-bond donors (Lipinski definition) is 0. The van der Waals surface area contributed by atoms with E-state index in [4.69, 9.17) is 4.98 Å². The molecular formula is C22H21FN4O2. The van der Waals surface area contributed by atoms with Gasteiger partial charge in [-0.15, -0.1) is 0 Å². The molecule has 0 amide bonds. The Morgan fingerprint density at radius 1 is 1.14 bits per heavy atom. The van der Waals surface area contributed by atoms with Crippen molar-refractivity contribution in [2.75, 3.05) is 18.0 Å². The third kappa shape index (κ3) is 3.94. The van der Waals surface area contributed by atoms with E-state index in [1.54, 1.807) is 35.2 Å². The van der Waals surface area contributed by atoms with Crippen molar-refractivity contribution in [3.63, 3.8) is 0 Å². The van der Waals surface area contributed by atoms with Gasteiger partial charge >= 0.3 is 0 Å². The zero-order valence-corrected chi connectivity index (χ0v) is 16.3. The summed E-state index contributed by atoms with van der Waals surface area (Å²) in [7, 11) is 0. The number of fused-ring (bicyclic) bond motifs is 1. The van der Waals surface area contributed by atoms with Crippen molar-refractivity contribution in [1.82, 2.24) is 14.5 Å². The highest BCUT2D eigenvalue weighted by Crippen LogP contribution is 2.30. The van der Waals surface area contributed by atoms with Crippen LogP contribution >= 0.6 is 0 Å². The van der Waals surface area contributed by atoms with Gasteiger partial charge in [0.1, 0.15) is 5.82 Å². The first-order valence-electron chi connectivity index (χ1n) is 9.38. The number of aromatic nitrogens is 3. The van der Waals surface area contributed by atoms with Crippen LogP contribution in [0.25, 0.3) is 11.3 Å². The predicted octanol–water partition coefficient (Wildman–Crippen LogP) is 3.17. The van der Waals surface area contributed by atoms with E-state index in [-0.39, 0.29) is 23.3 Å². The average Bonchev–Trinajstić information content (AvgIpc) is 2.68. The Balaban J connectivity index is 1.75. The Kier molecular flexibility index (Phi) is 4.74. The Morgan fingerprint density at radius 2 is 1.90 bits per heavy atom. The molecule has 0 radical (unpaired) electrons. The van der Waals surface area contributed by atoms with E-state index >= 15 is 0 Å². The second-order valence-corrected chi connectivity index (χ2v) is 8.06. The lowest BCUT2D eigenvalue weighted by Gasteiger charge is -2.40. The lowest BCUT2D eigenvalue weighted by atomic mass is 9.90. The van der Waals surface area contributed by atoms with Gasteiger partial charge in [0.15, 0.2) is 5.78 Å². The fourth-order valence-corrected chi connectivity index (χ4v) is 3.67. The minimum Gasteiger partial charge on any atom is -0.334 e. The molecule has 29 heavy (non-hydrogen) atoms. The summed E-state index contributed by atoms with van der Waals surface area (Å²) in [4.78, 5) is 36.1. The van der Waals surface area contributed by atoms with Gasteiger partial charge in [0.2, 0.25) is 5.95 Å². The topological polar surface area (TPSA) is 68.1 Å². The van der Waals surface area contributed by atoms with Crippen LogP contribution in [0.2, 0.25) is 0 Å². The minimum atomic E-state index is -0.454. The second kappa shape index (κ2) is 7.24. The molecule has 0 saturated carbocycles. The van der Waals surface area contributed by atoms with Gasteiger partial charge in [-0.2, -0.15) is 0 Å². The van der Waals surface area contributed by atoms with E-state index in [0.29, 0.717) is 30.3 Å². The average molecular weight is 392 g/mol. The number of halogens is 1. The lowest BCUT2D eigenvalue weighted by molar-refractivity contribution is 0.0993. The standard InChI is InChI=1S/C22H21FN4O2/c1-22(2)13-26(12-19(28)16-4-3-5-17(23)10-16)21-25-18(11-20(29)27(21)14-22)15-6-8-24-9-7-15/h3-11H,12-14H2,1-2H3. The highest BCUT2D eigenvalue weighted by atomic mass is 19.1. The number of benzene rings is 1. The van der Waals surface area contributed by atoms with Gasteiger partial charge in [0.25, 0.3) is 5.56 Å². The molecule has 0 N–H and O–H groups in total. The summed E-state index contributed by atoms with van der Waals surface area (Å²) in [5.41, 5.74) is 1.22. The van der Waals surface area contributed by atoms with Crippen LogP contribution in [0.4, 0.5) is 10.3 Å². The summed E-state index contributed by atoms with van der Waals surface area (Å²) in [6.07, 6.45) is 3.28. The Morgan fingerprint density at radius 3 is 2.62 bits per heavy atom. The molecular weight excluding hydrogens is 371 g/mol. The maximum Gasteiger partial charge on any atom is 0.255 e. The SMILES string of the molecule is CC1(C)CN(CC(=O)c2cccc(F)c2)c2nc(-c3ccncc3)cc(=O)n2C1. The Hall–Kier alpha value is -3.35. The van der Waals surface area contributed by atoms with Crippen molar-refractivity contribution in [3.8, 4) is 11.3 Å². The van der Waals surface area contributed by atoms with Gasteiger partial charge in [0.05, 0.1) is 12.2 Å². The maximum absolute atomic E-state index is 13.5. The Bertz CT molecular complexity index is 1130. The van der Waals surface area contributed by atoms with Crippen molar-refractivity contribution in [3.05, 3.63) is 76.6 Å². The summed E-state index contributed by atoms with van der Waals surface area (Å²) in [6, 6.07) is 10.7. The van der Waals surface area contributed by atoms with Crippen LogP contribution in [0.1, 0.15) is 24.2 Å². The number of rotatable bonds is 4. The summed E-state index contributed by atoms with van der Waals surface area (Å²) >= 11 is 0. The number of ketones is 1. The van der Waals surface area contributed by atoms with Crippen LogP contribution in [0.3, 0.4) is 0 Å². The van der Waals surface area contributed by atoms with E-state index in [1.807, 2.05) is 18.7 Å². The first-order valence-corrected chi connectivity index (χ1v) is 9.38. The molecule has 0 fully saturated rings. The third-order valence-corrected chi connectivity index (χ3v) is 4.93. The first kappa shape index (κ1) is 19.0. The molecule has 3 aromatic rings. The zero-order valence-electron chi connectivity index (χ0n) is 16.3. The monoisotopic (exact) mass is 392 g/mol. The molecule has 0 aliphatic carbocycles. The summed E-state index contributed by atoms with van der Waals surface area (Å²) in [5, 5.41) is 0. The van der Waals surface area contributed by atoms with Crippen LogP contribution in [0.15, 0.2) is 59.7 Å². The van der Waals surface area contributed by atoms with E-state index in [1.165, 1.54) is 24.3 Å².